The summed E-state index contributed by atoms with van der Waals surface area (Å²) in [6.45, 7) is 2.37. The van der Waals surface area contributed by atoms with Crippen LogP contribution in [0.5, 0.6) is 0 Å². The monoisotopic (exact) mass is 335 g/mol. The van der Waals surface area contributed by atoms with Crippen LogP contribution < -0.4 is 10.2 Å². The average Bonchev–Trinajstić information content (AvgIpc) is 2.70. The predicted molar refractivity (Wildman–Crippen MR) is 105 cm³/mol. The maximum Gasteiger partial charge on any atom is 0.128 e. The summed E-state index contributed by atoms with van der Waals surface area (Å²) >= 11 is 0. The number of rotatable bonds is 4. The van der Waals surface area contributed by atoms with Gasteiger partial charge in [-0.2, -0.15) is 0 Å². The SMILES string of the molecule is c1ccc([C@H]2CCC[C@@H](Nc3cc(N4CCCCC4)ccn3)C2)cc1. The van der Waals surface area contributed by atoms with E-state index in [-0.39, 0.29) is 0 Å². The summed E-state index contributed by atoms with van der Waals surface area (Å²) in [6, 6.07) is 15.9. The summed E-state index contributed by atoms with van der Waals surface area (Å²) in [5, 5.41) is 3.72. The molecule has 2 atom stereocenters. The molecule has 0 bridgehead atoms. The lowest BCUT2D eigenvalue weighted by Gasteiger charge is -2.31. The molecule has 0 radical (unpaired) electrons. The zero-order valence-electron chi connectivity index (χ0n) is 15.0. The number of hydrogen-bond donors (Lipinski definition) is 1. The van der Waals surface area contributed by atoms with Gasteiger partial charge in [-0.1, -0.05) is 36.8 Å². The van der Waals surface area contributed by atoms with E-state index in [0.717, 1.165) is 5.82 Å². The Labute approximate surface area is 151 Å². The second kappa shape index (κ2) is 7.90. The zero-order chi connectivity index (χ0) is 16.9. The highest BCUT2D eigenvalue weighted by atomic mass is 15.1. The number of benzene rings is 1. The maximum absolute atomic E-state index is 4.59. The van der Waals surface area contributed by atoms with Gasteiger partial charge in [0.15, 0.2) is 0 Å². The van der Waals surface area contributed by atoms with Crippen LogP contribution in [0.4, 0.5) is 11.5 Å². The van der Waals surface area contributed by atoms with Crippen LogP contribution in [-0.2, 0) is 0 Å². The van der Waals surface area contributed by atoms with Crippen molar-refractivity contribution in [1.82, 2.24) is 4.98 Å². The van der Waals surface area contributed by atoms with Crippen molar-refractivity contribution in [2.75, 3.05) is 23.3 Å². The minimum absolute atomic E-state index is 0.531. The summed E-state index contributed by atoms with van der Waals surface area (Å²) in [7, 11) is 0. The number of hydrogen-bond acceptors (Lipinski definition) is 3. The molecule has 1 saturated heterocycles. The van der Waals surface area contributed by atoms with Crippen LogP contribution in [0.15, 0.2) is 48.7 Å². The number of piperidine rings is 1. The third-order valence-corrected chi connectivity index (χ3v) is 5.76. The highest BCUT2D eigenvalue weighted by molar-refractivity contribution is 5.54. The van der Waals surface area contributed by atoms with Crippen molar-refractivity contribution in [1.29, 1.82) is 0 Å². The van der Waals surface area contributed by atoms with E-state index in [1.165, 1.54) is 69.3 Å². The van der Waals surface area contributed by atoms with Gasteiger partial charge in [-0.05, 0) is 56.1 Å². The Bertz CT molecular complexity index is 664. The molecule has 1 aromatic heterocycles. The molecule has 2 fully saturated rings. The van der Waals surface area contributed by atoms with Gasteiger partial charge in [0.1, 0.15) is 5.82 Å². The number of pyridine rings is 1. The molecule has 1 saturated carbocycles. The second-order valence-corrected chi connectivity index (χ2v) is 7.56. The lowest BCUT2D eigenvalue weighted by Crippen LogP contribution is -2.30. The van der Waals surface area contributed by atoms with Crippen molar-refractivity contribution in [2.24, 2.45) is 0 Å². The number of anilines is 2. The molecule has 3 nitrogen and oxygen atoms in total. The fourth-order valence-electron chi connectivity index (χ4n) is 4.41. The Kier molecular flexibility index (Phi) is 5.19. The molecule has 1 aliphatic heterocycles. The number of nitrogens with zero attached hydrogens (tertiary/aromatic N) is 2. The summed E-state index contributed by atoms with van der Waals surface area (Å²) < 4.78 is 0. The maximum atomic E-state index is 4.59. The lowest BCUT2D eigenvalue weighted by molar-refractivity contribution is 0.410. The van der Waals surface area contributed by atoms with Crippen molar-refractivity contribution in [2.45, 2.75) is 56.9 Å². The third kappa shape index (κ3) is 4.15. The molecule has 2 heterocycles. The van der Waals surface area contributed by atoms with Crippen LogP contribution >= 0.6 is 0 Å². The number of nitrogens with one attached hydrogen (secondary N) is 1. The van der Waals surface area contributed by atoms with E-state index in [9.17, 15) is 0 Å². The largest absolute Gasteiger partial charge is 0.371 e. The first-order valence-electron chi connectivity index (χ1n) is 9.91. The molecule has 3 heteroatoms. The fraction of sp³-hybridized carbons (Fsp3) is 0.500. The van der Waals surface area contributed by atoms with Crippen molar-refractivity contribution in [3.8, 4) is 0 Å². The molecule has 132 valence electrons. The normalized spacial score (nSPS) is 24.1. The molecule has 25 heavy (non-hydrogen) atoms. The Morgan fingerprint density at radius 2 is 1.76 bits per heavy atom. The Hall–Kier alpha value is -2.03. The van der Waals surface area contributed by atoms with Gasteiger partial charge in [-0.15, -0.1) is 0 Å². The third-order valence-electron chi connectivity index (χ3n) is 5.76. The topological polar surface area (TPSA) is 28.2 Å². The van der Waals surface area contributed by atoms with Crippen molar-refractivity contribution < 1.29 is 0 Å². The minimum atomic E-state index is 0.531. The van der Waals surface area contributed by atoms with Crippen LogP contribution in [0, 0.1) is 0 Å². The smallest absolute Gasteiger partial charge is 0.128 e. The molecule has 0 amide bonds. The predicted octanol–water partition coefficient (Wildman–Crippen LogP) is 5.21. The van der Waals surface area contributed by atoms with Crippen molar-refractivity contribution in [3.63, 3.8) is 0 Å². The standard InChI is InChI=1S/C22H29N3/c1-3-8-18(9-4-1)19-10-7-11-20(16-19)24-22-17-21(12-13-23-22)25-14-5-2-6-15-25/h1,3-4,8-9,12-13,17,19-20H,2,5-7,10-11,14-16H2,(H,23,24)/t19-,20+/m0/s1. The van der Waals surface area contributed by atoms with Gasteiger partial charge < -0.3 is 10.2 Å². The first kappa shape index (κ1) is 16.4. The number of aromatic nitrogens is 1. The highest BCUT2D eigenvalue weighted by Gasteiger charge is 2.23. The first-order valence-corrected chi connectivity index (χ1v) is 9.91. The molecule has 1 aromatic carbocycles. The molecular formula is C22H29N3. The van der Waals surface area contributed by atoms with E-state index in [2.05, 4.69) is 57.7 Å². The molecule has 4 rings (SSSR count). The fourth-order valence-corrected chi connectivity index (χ4v) is 4.41. The van der Waals surface area contributed by atoms with Gasteiger partial charge in [0.25, 0.3) is 0 Å². The Morgan fingerprint density at radius 1 is 0.920 bits per heavy atom. The van der Waals surface area contributed by atoms with Gasteiger partial charge in [0.2, 0.25) is 0 Å². The van der Waals surface area contributed by atoms with Gasteiger partial charge in [0.05, 0.1) is 0 Å². The van der Waals surface area contributed by atoms with Gasteiger partial charge >= 0.3 is 0 Å². The second-order valence-electron chi connectivity index (χ2n) is 7.56. The summed E-state index contributed by atoms with van der Waals surface area (Å²) in [5.41, 5.74) is 2.82. The van der Waals surface area contributed by atoms with Crippen molar-refractivity contribution >= 4 is 11.5 Å². The van der Waals surface area contributed by atoms with Crippen LogP contribution in [-0.4, -0.2) is 24.1 Å². The van der Waals surface area contributed by atoms with Gasteiger partial charge in [-0.25, -0.2) is 4.98 Å². The van der Waals surface area contributed by atoms with Gasteiger partial charge in [0, 0.05) is 37.1 Å². The Balaban J connectivity index is 1.41. The van der Waals surface area contributed by atoms with Crippen LogP contribution in [0.1, 0.15) is 56.4 Å². The van der Waals surface area contributed by atoms with Crippen molar-refractivity contribution in [3.05, 3.63) is 54.2 Å². The summed E-state index contributed by atoms with van der Waals surface area (Å²) in [6.07, 6.45) is 11.0. The molecule has 2 aromatic rings. The van der Waals surface area contributed by atoms with Crippen LogP contribution in [0.2, 0.25) is 0 Å². The summed E-state index contributed by atoms with van der Waals surface area (Å²) in [5.74, 6) is 1.72. The lowest BCUT2D eigenvalue weighted by atomic mass is 9.81. The molecule has 1 aliphatic carbocycles. The molecule has 0 spiro atoms. The minimum Gasteiger partial charge on any atom is -0.371 e. The van der Waals surface area contributed by atoms with E-state index in [1.807, 2.05) is 6.20 Å². The van der Waals surface area contributed by atoms with E-state index in [1.54, 1.807) is 0 Å². The first-order chi connectivity index (χ1) is 12.4. The Morgan fingerprint density at radius 3 is 2.60 bits per heavy atom. The molecule has 0 unspecified atom stereocenters. The highest BCUT2D eigenvalue weighted by Crippen LogP contribution is 2.34. The quantitative estimate of drug-likeness (QED) is 0.831. The van der Waals surface area contributed by atoms with E-state index in [0.29, 0.717) is 12.0 Å². The molecule has 2 aliphatic rings. The molecule has 1 N–H and O–H groups in total. The summed E-state index contributed by atoms with van der Waals surface area (Å²) in [4.78, 5) is 7.09. The van der Waals surface area contributed by atoms with Crippen LogP contribution in [0.25, 0.3) is 0 Å². The van der Waals surface area contributed by atoms with E-state index >= 15 is 0 Å². The van der Waals surface area contributed by atoms with Gasteiger partial charge in [-0.3, -0.25) is 0 Å². The van der Waals surface area contributed by atoms with E-state index < -0.39 is 0 Å². The zero-order valence-corrected chi connectivity index (χ0v) is 15.0. The van der Waals surface area contributed by atoms with Crippen LogP contribution in [0.3, 0.4) is 0 Å². The van der Waals surface area contributed by atoms with E-state index in [4.69, 9.17) is 0 Å². The average molecular weight is 335 g/mol. The molecular weight excluding hydrogens is 306 g/mol.